The van der Waals surface area contributed by atoms with Crippen LogP contribution in [0, 0.1) is 0 Å². The maximum atomic E-state index is 5.04. The summed E-state index contributed by atoms with van der Waals surface area (Å²) in [7, 11) is 0. The summed E-state index contributed by atoms with van der Waals surface area (Å²) in [5.41, 5.74) is 8.27. The molecular formula is C46H31N3. The summed E-state index contributed by atoms with van der Waals surface area (Å²) in [6.45, 7) is 4.74. The highest BCUT2D eigenvalue weighted by atomic mass is 15.0. The fourth-order valence-electron chi connectivity index (χ4n) is 8.03. The van der Waals surface area contributed by atoms with E-state index in [4.69, 9.17) is 15.0 Å². The van der Waals surface area contributed by atoms with Crippen LogP contribution in [0.25, 0.3) is 88.4 Å². The molecule has 8 aromatic carbocycles. The van der Waals surface area contributed by atoms with Gasteiger partial charge in [-0.1, -0.05) is 147 Å². The fourth-order valence-corrected chi connectivity index (χ4v) is 8.03. The Kier molecular flexibility index (Phi) is 5.92. The number of hydrogen-bond donors (Lipinski definition) is 0. The maximum absolute atomic E-state index is 5.04. The zero-order valence-corrected chi connectivity index (χ0v) is 27.3. The van der Waals surface area contributed by atoms with Crippen LogP contribution in [0.3, 0.4) is 0 Å². The molecule has 9 aromatic rings. The first-order chi connectivity index (χ1) is 24.0. The summed E-state index contributed by atoms with van der Waals surface area (Å²) in [5, 5.41) is 10.1. The molecule has 1 aliphatic carbocycles. The third-order valence-electron chi connectivity index (χ3n) is 10.5. The van der Waals surface area contributed by atoms with Crippen LogP contribution in [0.4, 0.5) is 0 Å². The van der Waals surface area contributed by atoms with E-state index in [1.165, 1.54) is 65.3 Å². The molecule has 0 radical (unpaired) electrons. The first-order valence-corrected chi connectivity index (χ1v) is 16.9. The summed E-state index contributed by atoms with van der Waals surface area (Å²) < 4.78 is 0. The molecule has 0 saturated carbocycles. The summed E-state index contributed by atoms with van der Waals surface area (Å²) in [6.07, 6.45) is 0. The van der Waals surface area contributed by atoms with Gasteiger partial charge in [-0.15, -0.1) is 0 Å². The van der Waals surface area contributed by atoms with Crippen LogP contribution in [0.5, 0.6) is 0 Å². The Morgan fingerprint density at radius 1 is 0.367 bits per heavy atom. The molecule has 0 saturated heterocycles. The summed E-state index contributed by atoms with van der Waals surface area (Å²) >= 11 is 0. The number of benzene rings is 8. The molecule has 0 unspecified atom stereocenters. The zero-order valence-electron chi connectivity index (χ0n) is 27.3. The molecule has 1 heterocycles. The topological polar surface area (TPSA) is 38.7 Å². The van der Waals surface area contributed by atoms with E-state index in [0.29, 0.717) is 17.5 Å². The summed E-state index contributed by atoms with van der Waals surface area (Å²) in [6, 6.07) is 54.2. The van der Waals surface area contributed by atoms with E-state index in [1.807, 2.05) is 36.4 Å². The Hall–Kier alpha value is -6.19. The Labute approximate surface area is 284 Å². The Balaban J connectivity index is 1.23. The molecule has 0 spiro atoms. The van der Waals surface area contributed by atoms with Crippen molar-refractivity contribution in [3.8, 4) is 45.3 Å². The molecule has 49 heavy (non-hydrogen) atoms. The monoisotopic (exact) mass is 625 g/mol. The fraction of sp³-hybridized carbons (Fsp3) is 0.0652. The van der Waals surface area contributed by atoms with Crippen LogP contribution in [-0.2, 0) is 5.41 Å². The van der Waals surface area contributed by atoms with Gasteiger partial charge in [0.15, 0.2) is 17.5 Å². The Morgan fingerprint density at radius 3 is 1.53 bits per heavy atom. The second-order valence-corrected chi connectivity index (χ2v) is 13.6. The molecule has 3 heteroatoms. The minimum absolute atomic E-state index is 0.118. The van der Waals surface area contributed by atoms with Crippen molar-refractivity contribution in [1.82, 2.24) is 15.0 Å². The average Bonchev–Trinajstić information content (AvgIpc) is 3.40. The van der Waals surface area contributed by atoms with Crippen molar-refractivity contribution in [3.63, 3.8) is 0 Å². The Morgan fingerprint density at radius 2 is 0.878 bits per heavy atom. The smallest absolute Gasteiger partial charge is 0.164 e. The number of nitrogens with zero attached hydrogens (tertiary/aromatic N) is 3. The second-order valence-electron chi connectivity index (χ2n) is 13.6. The second kappa shape index (κ2) is 10.4. The van der Waals surface area contributed by atoms with Crippen molar-refractivity contribution < 1.29 is 0 Å². The van der Waals surface area contributed by atoms with E-state index < -0.39 is 0 Å². The third kappa shape index (κ3) is 4.19. The minimum Gasteiger partial charge on any atom is -0.208 e. The molecule has 0 N–H and O–H groups in total. The van der Waals surface area contributed by atoms with Gasteiger partial charge in [-0.05, 0) is 83.5 Å². The lowest BCUT2D eigenvalue weighted by molar-refractivity contribution is 0.662. The predicted molar refractivity (Wildman–Crippen MR) is 204 cm³/mol. The molecule has 230 valence electrons. The molecule has 0 bridgehead atoms. The highest BCUT2D eigenvalue weighted by Crippen LogP contribution is 2.53. The van der Waals surface area contributed by atoms with Crippen molar-refractivity contribution in [3.05, 3.63) is 163 Å². The number of hydrogen-bond acceptors (Lipinski definition) is 3. The minimum atomic E-state index is -0.118. The van der Waals surface area contributed by atoms with Gasteiger partial charge in [-0.2, -0.15) is 0 Å². The van der Waals surface area contributed by atoms with Gasteiger partial charge >= 0.3 is 0 Å². The number of rotatable bonds is 3. The molecule has 3 nitrogen and oxygen atoms in total. The van der Waals surface area contributed by atoms with Crippen molar-refractivity contribution in [2.24, 2.45) is 0 Å². The molecule has 1 aromatic heterocycles. The molecule has 1 aliphatic rings. The lowest BCUT2D eigenvalue weighted by atomic mass is 9.81. The van der Waals surface area contributed by atoms with Crippen molar-refractivity contribution >= 4 is 43.1 Å². The van der Waals surface area contributed by atoms with E-state index in [9.17, 15) is 0 Å². The highest BCUT2D eigenvalue weighted by molar-refractivity contribution is 6.27. The van der Waals surface area contributed by atoms with Crippen LogP contribution in [-0.4, -0.2) is 15.0 Å². The van der Waals surface area contributed by atoms with Crippen LogP contribution < -0.4 is 0 Å². The lowest BCUT2D eigenvalue weighted by Crippen LogP contribution is -2.14. The number of fused-ring (bicyclic) bond motifs is 11. The van der Waals surface area contributed by atoms with Crippen molar-refractivity contribution in [1.29, 1.82) is 0 Å². The molecule has 0 fully saturated rings. The standard InChI is InChI=1S/C46H31N3/c1-46(2)40-24-22-28-13-9-10-18-32(28)42(40)39-26-37-34-20-12-11-19-33(34)36-25-31(21-23-35(36)38(37)27-41(39)46)45-48-43(29-14-5-3-6-15-29)47-44(49-45)30-16-7-4-8-17-30/h3-27H,1-2H3. The highest BCUT2D eigenvalue weighted by Gasteiger charge is 2.37. The van der Waals surface area contributed by atoms with Gasteiger partial charge in [-0.25, -0.2) is 15.0 Å². The average molecular weight is 626 g/mol. The molecular weight excluding hydrogens is 595 g/mol. The van der Waals surface area contributed by atoms with Crippen molar-refractivity contribution in [2.45, 2.75) is 19.3 Å². The van der Waals surface area contributed by atoms with Gasteiger partial charge in [0.1, 0.15) is 0 Å². The van der Waals surface area contributed by atoms with Gasteiger partial charge in [-0.3, -0.25) is 0 Å². The van der Waals surface area contributed by atoms with E-state index >= 15 is 0 Å². The third-order valence-corrected chi connectivity index (χ3v) is 10.5. The predicted octanol–water partition coefficient (Wildman–Crippen LogP) is 11.8. The van der Waals surface area contributed by atoms with Gasteiger partial charge < -0.3 is 0 Å². The van der Waals surface area contributed by atoms with Crippen LogP contribution in [0.1, 0.15) is 25.0 Å². The molecule has 0 amide bonds. The van der Waals surface area contributed by atoms with Crippen LogP contribution in [0.15, 0.2) is 152 Å². The quantitative estimate of drug-likeness (QED) is 0.183. The summed E-state index contributed by atoms with van der Waals surface area (Å²) in [5.74, 6) is 1.99. The SMILES string of the molecule is CC1(C)c2cc3c4ccc(-c5nc(-c6ccccc6)nc(-c6ccccc6)n5)cc4c4ccccc4c3cc2-c2c1ccc1ccccc21. The Bertz CT molecular complexity index is 2730. The summed E-state index contributed by atoms with van der Waals surface area (Å²) in [4.78, 5) is 15.0. The molecule has 10 rings (SSSR count). The first kappa shape index (κ1) is 27.9. The first-order valence-electron chi connectivity index (χ1n) is 16.9. The van der Waals surface area contributed by atoms with E-state index in [2.05, 4.69) is 129 Å². The van der Waals surface area contributed by atoms with Gasteiger partial charge in [0.25, 0.3) is 0 Å². The lowest BCUT2D eigenvalue weighted by Gasteiger charge is -2.22. The van der Waals surface area contributed by atoms with Crippen LogP contribution in [0.2, 0.25) is 0 Å². The largest absolute Gasteiger partial charge is 0.208 e. The van der Waals surface area contributed by atoms with Gasteiger partial charge in [0.05, 0.1) is 0 Å². The molecule has 0 aliphatic heterocycles. The molecule has 0 atom stereocenters. The zero-order chi connectivity index (χ0) is 32.7. The number of aromatic nitrogens is 3. The normalized spacial score (nSPS) is 13.3. The van der Waals surface area contributed by atoms with Crippen LogP contribution >= 0.6 is 0 Å². The van der Waals surface area contributed by atoms with E-state index in [1.54, 1.807) is 0 Å². The van der Waals surface area contributed by atoms with E-state index in [-0.39, 0.29) is 5.41 Å². The van der Waals surface area contributed by atoms with E-state index in [0.717, 1.165) is 16.7 Å². The maximum Gasteiger partial charge on any atom is 0.164 e. The van der Waals surface area contributed by atoms with Gasteiger partial charge in [0.2, 0.25) is 0 Å². The van der Waals surface area contributed by atoms with Crippen molar-refractivity contribution in [2.75, 3.05) is 0 Å². The van der Waals surface area contributed by atoms with Gasteiger partial charge in [0, 0.05) is 22.1 Å².